The second-order valence-corrected chi connectivity index (χ2v) is 7.91. The maximum Gasteiger partial charge on any atom is 0.194 e. The van der Waals surface area contributed by atoms with Crippen molar-refractivity contribution in [3.63, 3.8) is 0 Å². The molecule has 1 aromatic carbocycles. The molecule has 1 saturated heterocycles. The molecule has 2 aromatic rings. The third-order valence-electron chi connectivity index (χ3n) is 5.65. The van der Waals surface area contributed by atoms with Gasteiger partial charge >= 0.3 is 0 Å². The van der Waals surface area contributed by atoms with Crippen LogP contribution in [0.15, 0.2) is 23.6 Å². The molecule has 1 aromatic heterocycles. The number of aliphatic hydroxyl groups excluding tert-OH is 2. The summed E-state index contributed by atoms with van der Waals surface area (Å²) in [6, 6.07) is 0.722. The molecular weight excluding hydrogens is 417 g/mol. The summed E-state index contributed by atoms with van der Waals surface area (Å²) in [5, 5.41) is 33.2. The van der Waals surface area contributed by atoms with E-state index in [1.807, 2.05) is 20.8 Å². The molecule has 12 heteroatoms. The Hall–Kier alpha value is -2.57. The van der Waals surface area contributed by atoms with E-state index < -0.39 is 48.5 Å². The molecule has 3 N–H and O–H groups in total. The first-order valence-corrected chi connectivity index (χ1v) is 9.84. The lowest BCUT2D eigenvalue weighted by molar-refractivity contribution is -0.211. The van der Waals surface area contributed by atoms with Gasteiger partial charge in [-0.1, -0.05) is 24.3 Å². The van der Waals surface area contributed by atoms with Crippen molar-refractivity contribution in [2.24, 2.45) is 11.1 Å². The van der Waals surface area contributed by atoms with Crippen molar-refractivity contribution in [1.82, 2.24) is 20.0 Å². The Morgan fingerprint density at radius 2 is 1.94 bits per heavy atom. The molecule has 0 amide bonds. The van der Waals surface area contributed by atoms with Gasteiger partial charge in [0, 0.05) is 12.0 Å². The molecule has 1 aliphatic rings. The number of hydrogen-bond donors (Lipinski definition) is 3. The van der Waals surface area contributed by atoms with Crippen molar-refractivity contribution in [3.05, 3.63) is 35.8 Å². The fraction of sp³-hybridized carbons (Fsp3) is 0.579. The predicted molar refractivity (Wildman–Crippen MR) is 102 cm³/mol. The van der Waals surface area contributed by atoms with E-state index in [1.165, 1.54) is 15.9 Å². The lowest BCUT2D eigenvalue weighted by Gasteiger charge is -2.43. The van der Waals surface area contributed by atoms with Crippen LogP contribution >= 0.6 is 0 Å². The van der Waals surface area contributed by atoms with Crippen LogP contribution in [0, 0.1) is 28.9 Å². The summed E-state index contributed by atoms with van der Waals surface area (Å²) in [7, 11) is 0. The van der Waals surface area contributed by atoms with Crippen LogP contribution in [-0.4, -0.2) is 61.3 Å². The van der Waals surface area contributed by atoms with Crippen molar-refractivity contribution in [2.75, 3.05) is 6.61 Å². The molecule has 31 heavy (non-hydrogen) atoms. The van der Waals surface area contributed by atoms with Crippen LogP contribution < -0.4 is 0 Å². The highest BCUT2D eigenvalue weighted by atomic mass is 19.2. The van der Waals surface area contributed by atoms with E-state index in [9.17, 15) is 23.4 Å². The van der Waals surface area contributed by atoms with Gasteiger partial charge in [0.25, 0.3) is 0 Å². The van der Waals surface area contributed by atoms with E-state index in [1.54, 1.807) is 0 Å². The fourth-order valence-corrected chi connectivity index (χ4v) is 3.52. The third-order valence-corrected chi connectivity index (χ3v) is 5.65. The highest BCUT2D eigenvalue weighted by Gasteiger charge is 2.42. The monoisotopic (exact) mass is 442 g/mol. The van der Waals surface area contributed by atoms with E-state index >= 15 is 0 Å². The number of nitrogens with one attached hydrogen (secondary N) is 1. The molecule has 0 spiro atoms. The van der Waals surface area contributed by atoms with Crippen LogP contribution in [0.4, 0.5) is 13.2 Å². The highest BCUT2D eigenvalue weighted by molar-refractivity contribution is 5.57. The van der Waals surface area contributed by atoms with Crippen LogP contribution in [0.25, 0.3) is 11.3 Å². The number of hydrogen-bond acceptors (Lipinski definition) is 7. The van der Waals surface area contributed by atoms with Crippen LogP contribution in [0.1, 0.15) is 33.2 Å². The maximum atomic E-state index is 13.6. The molecule has 0 bridgehead atoms. The second-order valence-electron chi connectivity index (χ2n) is 7.91. The van der Waals surface area contributed by atoms with Crippen molar-refractivity contribution in [3.8, 4) is 11.3 Å². The summed E-state index contributed by atoms with van der Waals surface area (Å²) in [6.45, 7) is 5.33. The molecule has 170 valence electrons. The average molecular weight is 442 g/mol. The molecule has 0 radical (unpaired) electrons. The Morgan fingerprint density at radius 3 is 2.48 bits per heavy atom. The highest BCUT2D eigenvalue weighted by Crippen LogP contribution is 2.33. The lowest BCUT2D eigenvalue weighted by atomic mass is 9.96. The summed E-state index contributed by atoms with van der Waals surface area (Å²) in [6.07, 6.45) is -1.34. The summed E-state index contributed by atoms with van der Waals surface area (Å²) < 4.78 is 47.5. The third kappa shape index (κ3) is 4.55. The van der Waals surface area contributed by atoms with Crippen molar-refractivity contribution in [1.29, 1.82) is 5.53 Å². The van der Waals surface area contributed by atoms with E-state index in [0.717, 1.165) is 12.1 Å². The molecule has 9 nitrogen and oxygen atoms in total. The van der Waals surface area contributed by atoms with Gasteiger partial charge in [0.2, 0.25) is 0 Å². The van der Waals surface area contributed by atoms with Crippen molar-refractivity contribution < 1.29 is 28.1 Å². The van der Waals surface area contributed by atoms with Gasteiger partial charge in [-0.25, -0.2) is 22.9 Å². The predicted octanol–water partition coefficient (Wildman–Crippen LogP) is 2.66. The first-order valence-electron chi connectivity index (χ1n) is 9.84. The summed E-state index contributed by atoms with van der Waals surface area (Å²) in [4.78, 5) is 0. The summed E-state index contributed by atoms with van der Waals surface area (Å²) in [5.74, 6) is -4.14. The zero-order valence-electron chi connectivity index (χ0n) is 17.3. The van der Waals surface area contributed by atoms with Crippen LogP contribution in [0.2, 0.25) is 0 Å². The van der Waals surface area contributed by atoms with Gasteiger partial charge in [0.1, 0.15) is 24.1 Å². The number of aromatic nitrogens is 3. The van der Waals surface area contributed by atoms with Crippen molar-refractivity contribution >= 4 is 0 Å². The van der Waals surface area contributed by atoms with E-state index in [-0.39, 0.29) is 29.6 Å². The first kappa shape index (κ1) is 23.1. The van der Waals surface area contributed by atoms with Gasteiger partial charge in [0.15, 0.2) is 17.5 Å². The SMILES string of the molecule is CC(C)C(C)N(N=N)C1CC(n2cc(-c3cc(F)c(F)c(F)c3)nn2)C(O)C(CO)O1. The second kappa shape index (κ2) is 9.28. The number of aliphatic hydroxyl groups is 2. The Labute approximate surface area is 176 Å². The number of halogens is 3. The van der Waals surface area contributed by atoms with Crippen molar-refractivity contribution in [2.45, 2.75) is 57.7 Å². The Morgan fingerprint density at radius 1 is 1.29 bits per heavy atom. The molecule has 1 aliphatic heterocycles. The molecule has 0 aliphatic carbocycles. The molecule has 0 saturated carbocycles. The van der Waals surface area contributed by atoms with Gasteiger partial charge in [-0.15, -0.1) is 5.10 Å². The Balaban J connectivity index is 1.91. The van der Waals surface area contributed by atoms with E-state index in [0.29, 0.717) is 0 Å². The zero-order valence-corrected chi connectivity index (χ0v) is 17.3. The average Bonchev–Trinajstić information content (AvgIpc) is 3.22. The van der Waals surface area contributed by atoms with Crippen LogP contribution in [0.3, 0.4) is 0 Å². The van der Waals surface area contributed by atoms with Gasteiger partial charge in [-0.3, -0.25) is 0 Å². The number of nitrogens with zero attached hydrogens (tertiary/aromatic N) is 5. The molecule has 5 atom stereocenters. The zero-order chi connectivity index (χ0) is 22.9. The Bertz CT molecular complexity index is 904. The summed E-state index contributed by atoms with van der Waals surface area (Å²) in [5.41, 5.74) is 7.60. The molecule has 3 rings (SSSR count). The van der Waals surface area contributed by atoms with Gasteiger partial charge < -0.3 is 14.9 Å². The number of benzene rings is 1. The van der Waals surface area contributed by atoms with Gasteiger partial charge in [0.05, 0.1) is 24.9 Å². The molecule has 2 heterocycles. The topological polar surface area (TPSA) is 120 Å². The molecule has 1 fully saturated rings. The first-order chi connectivity index (χ1) is 14.7. The van der Waals surface area contributed by atoms with Gasteiger partial charge in [-0.2, -0.15) is 5.53 Å². The quantitative estimate of drug-likeness (QED) is 0.345. The minimum absolute atomic E-state index is 0.0179. The number of ether oxygens (including phenoxy) is 1. The minimum Gasteiger partial charge on any atom is -0.394 e. The molecular formula is C19H25F3N6O3. The smallest absolute Gasteiger partial charge is 0.194 e. The van der Waals surface area contributed by atoms with Crippen LogP contribution in [-0.2, 0) is 4.74 Å². The standard InChI is InChI=1S/C19H25F3N6O3/c1-9(2)10(3)28(25-23)17-6-15(19(30)16(8-29)31-17)27-7-14(24-26-27)11-4-12(20)18(22)13(21)5-11/h4-5,7,9-10,15-17,19,23,29-30H,6,8H2,1-3H3. The van der Waals surface area contributed by atoms with E-state index in [4.69, 9.17) is 10.3 Å². The number of rotatable bonds is 7. The largest absolute Gasteiger partial charge is 0.394 e. The summed E-state index contributed by atoms with van der Waals surface area (Å²) >= 11 is 0. The normalized spacial score (nSPS) is 24.9. The fourth-order valence-electron chi connectivity index (χ4n) is 3.52. The van der Waals surface area contributed by atoms with E-state index in [2.05, 4.69) is 15.5 Å². The maximum absolute atomic E-state index is 13.6. The lowest BCUT2D eigenvalue weighted by Crippen LogP contribution is -2.54. The van der Waals surface area contributed by atoms with Crippen LogP contribution in [0.5, 0.6) is 0 Å². The minimum atomic E-state index is -1.58. The van der Waals surface area contributed by atoms with Gasteiger partial charge in [-0.05, 0) is 25.0 Å². The Kier molecular flexibility index (Phi) is 6.92. The molecule has 5 unspecified atom stereocenters.